The van der Waals surface area contributed by atoms with Gasteiger partial charge in [0.25, 0.3) is 0 Å². The molecule has 12 atom stereocenters. The Morgan fingerprint density at radius 1 is 0.822 bits per heavy atom. The van der Waals surface area contributed by atoms with E-state index in [0.29, 0.717) is 51.4 Å². The molecule has 0 radical (unpaired) electrons. The number of likely N-dealkylation sites (tertiary alicyclic amines) is 1. The highest BCUT2D eigenvalue weighted by molar-refractivity contribution is 5.84. The average molecular weight is 619 g/mol. The molecule has 0 aromatic rings. The third kappa shape index (κ3) is 4.98. The van der Waals surface area contributed by atoms with Gasteiger partial charge in [-0.1, -0.05) is 60.1 Å². The van der Waals surface area contributed by atoms with Crippen molar-refractivity contribution in [1.29, 1.82) is 0 Å². The molecule has 0 aromatic carbocycles. The lowest BCUT2D eigenvalue weighted by atomic mass is 9.32. The molecule has 1 N–H and O–H groups in total. The summed E-state index contributed by atoms with van der Waals surface area (Å²) in [6, 6.07) is 0.384. The zero-order chi connectivity index (χ0) is 32.0. The second-order valence-corrected chi connectivity index (χ2v) is 20.0. The third-order valence-electron chi connectivity index (χ3n) is 17.4. The molecule has 0 spiro atoms. The second-order valence-electron chi connectivity index (χ2n) is 20.0. The van der Waals surface area contributed by atoms with E-state index >= 15 is 0 Å². The molecule has 6 aliphatic carbocycles. The zero-order valence-electron chi connectivity index (χ0n) is 30.6. The predicted molar refractivity (Wildman–Crippen MR) is 188 cm³/mol. The van der Waals surface area contributed by atoms with Gasteiger partial charge in [-0.15, -0.1) is 0 Å². The Kier molecular flexibility index (Phi) is 8.26. The maximum absolute atomic E-state index is 14.8. The van der Waals surface area contributed by atoms with Crippen molar-refractivity contribution in [3.63, 3.8) is 0 Å². The van der Waals surface area contributed by atoms with E-state index in [4.69, 9.17) is 0 Å². The van der Waals surface area contributed by atoms with Crippen LogP contribution in [-0.2, 0) is 4.79 Å². The van der Waals surface area contributed by atoms with Gasteiger partial charge in [0.15, 0.2) is 0 Å². The molecule has 254 valence electrons. The minimum atomic E-state index is -0.175. The summed E-state index contributed by atoms with van der Waals surface area (Å²) in [7, 11) is 0. The van der Waals surface area contributed by atoms with E-state index in [1.165, 1.54) is 115 Å². The number of hydrogen-bond acceptors (Lipinski definition) is 2. The fourth-order valence-electron chi connectivity index (χ4n) is 15.2. The van der Waals surface area contributed by atoms with Gasteiger partial charge in [-0.3, -0.25) is 4.79 Å². The third-order valence-corrected chi connectivity index (χ3v) is 17.4. The number of nitrogens with zero attached hydrogens (tertiary/aromatic N) is 1. The lowest BCUT2D eigenvalue weighted by Gasteiger charge is -2.72. The van der Waals surface area contributed by atoms with Gasteiger partial charge in [0, 0.05) is 19.1 Å². The van der Waals surface area contributed by atoms with Crippen LogP contribution in [0.2, 0.25) is 0 Å². The number of hydrogen-bond donors (Lipinski definition) is 1. The van der Waals surface area contributed by atoms with Crippen LogP contribution in [0.15, 0.2) is 12.2 Å². The van der Waals surface area contributed by atoms with Crippen molar-refractivity contribution in [3.8, 4) is 0 Å². The van der Waals surface area contributed by atoms with Gasteiger partial charge in [0.05, 0.1) is 5.41 Å². The van der Waals surface area contributed by atoms with Crippen molar-refractivity contribution < 1.29 is 4.79 Å². The minimum absolute atomic E-state index is 0.175. The largest absolute Gasteiger partial charge is 0.353 e. The molecule has 0 bridgehead atoms. The van der Waals surface area contributed by atoms with Crippen molar-refractivity contribution in [2.75, 3.05) is 19.6 Å². The van der Waals surface area contributed by atoms with Crippen molar-refractivity contribution in [2.45, 2.75) is 157 Å². The molecule has 7 aliphatic rings. The molecule has 0 aromatic heterocycles. The first-order chi connectivity index (χ1) is 21.2. The summed E-state index contributed by atoms with van der Waals surface area (Å²) in [5.74, 6) is 5.39. The number of fused-ring (bicyclic) bond motifs is 7. The SMILES string of the molecule is C=C(C)[C@@H]1CC[C@]2(C(=O)N[C@@H]3CC[C@H](CN4CCCC(C)C4)C3)CC[C@]3(C)[C@H](CC[C@@H]4[C@]5(C)CCCC(C)(C)[C@H]5CC[C@]43C)[C@@H]12. The molecule has 3 heteroatoms. The van der Waals surface area contributed by atoms with Crippen LogP contribution in [0.25, 0.3) is 0 Å². The Labute approximate surface area is 277 Å². The fourth-order valence-corrected chi connectivity index (χ4v) is 15.2. The summed E-state index contributed by atoms with van der Waals surface area (Å²) in [4.78, 5) is 17.5. The van der Waals surface area contributed by atoms with Crippen LogP contribution in [0.4, 0.5) is 0 Å². The normalized spacial score (nSPS) is 51.0. The smallest absolute Gasteiger partial charge is 0.226 e. The van der Waals surface area contributed by atoms with Crippen LogP contribution in [0.1, 0.15) is 151 Å². The number of nitrogens with one attached hydrogen (secondary N) is 1. The topological polar surface area (TPSA) is 32.3 Å². The Morgan fingerprint density at radius 2 is 1.62 bits per heavy atom. The van der Waals surface area contributed by atoms with Gasteiger partial charge in [0.2, 0.25) is 5.91 Å². The summed E-state index contributed by atoms with van der Waals surface area (Å²) in [5.41, 5.74) is 2.83. The van der Waals surface area contributed by atoms with Gasteiger partial charge in [0.1, 0.15) is 0 Å². The van der Waals surface area contributed by atoms with Crippen LogP contribution >= 0.6 is 0 Å². The highest BCUT2D eigenvalue weighted by atomic mass is 16.2. The van der Waals surface area contributed by atoms with Gasteiger partial charge < -0.3 is 10.2 Å². The molecular formula is C42H70N2O. The lowest BCUT2D eigenvalue weighted by Crippen LogP contribution is -2.66. The van der Waals surface area contributed by atoms with Crippen molar-refractivity contribution in [1.82, 2.24) is 10.2 Å². The minimum Gasteiger partial charge on any atom is -0.353 e. The van der Waals surface area contributed by atoms with Gasteiger partial charge in [-0.05, 0) is 173 Å². The molecule has 45 heavy (non-hydrogen) atoms. The molecule has 1 aliphatic heterocycles. The van der Waals surface area contributed by atoms with Gasteiger partial charge in [-0.25, -0.2) is 0 Å². The molecule has 7 rings (SSSR count). The van der Waals surface area contributed by atoms with Crippen LogP contribution in [0, 0.1) is 68.5 Å². The summed E-state index contributed by atoms with van der Waals surface area (Å²) in [6.45, 7) is 26.5. The lowest BCUT2D eigenvalue weighted by molar-refractivity contribution is -0.235. The maximum atomic E-state index is 14.8. The zero-order valence-corrected chi connectivity index (χ0v) is 30.6. The van der Waals surface area contributed by atoms with Crippen LogP contribution in [0.3, 0.4) is 0 Å². The number of amides is 1. The molecule has 7 fully saturated rings. The van der Waals surface area contributed by atoms with E-state index in [2.05, 4.69) is 65.3 Å². The van der Waals surface area contributed by atoms with Gasteiger partial charge in [-0.2, -0.15) is 0 Å². The highest BCUT2D eigenvalue weighted by Crippen LogP contribution is 2.77. The predicted octanol–water partition coefficient (Wildman–Crippen LogP) is 10.1. The van der Waals surface area contributed by atoms with E-state index in [-0.39, 0.29) is 5.41 Å². The Hall–Kier alpha value is -0.830. The molecular weight excluding hydrogens is 548 g/mol. The van der Waals surface area contributed by atoms with E-state index in [9.17, 15) is 4.79 Å². The number of piperidine rings is 1. The van der Waals surface area contributed by atoms with E-state index in [1.807, 2.05) is 0 Å². The monoisotopic (exact) mass is 619 g/mol. The molecule has 1 amide bonds. The number of carbonyl (C=O) groups excluding carboxylic acids is 1. The van der Waals surface area contributed by atoms with Crippen LogP contribution in [0.5, 0.6) is 0 Å². The maximum Gasteiger partial charge on any atom is 0.226 e. The van der Waals surface area contributed by atoms with E-state index in [0.717, 1.165) is 36.5 Å². The number of rotatable bonds is 5. The average Bonchev–Trinajstić information content (AvgIpc) is 3.58. The Bertz CT molecular complexity index is 1160. The molecule has 1 unspecified atom stereocenters. The van der Waals surface area contributed by atoms with Crippen molar-refractivity contribution in [3.05, 3.63) is 12.2 Å². The Balaban J connectivity index is 1.11. The van der Waals surface area contributed by atoms with E-state index < -0.39 is 0 Å². The first-order valence-electron chi connectivity index (χ1n) is 19.9. The molecule has 6 saturated carbocycles. The first-order valence-corrected chi connectivity index (χ1v) is 19.9. The summed E-state index contributed by atoms with van der Waals surface area (Å²) in [5, 5.41) is 3.79. The first kappa shape index (κ1) is 32.7. The Morgan fingerprint density at radius 3 is 2.38 bits per heavy atom. The molecule has 3 nitrogen and oxygen atoms in total. The standard InChI is InChI=1S/C42H70N2O/c1-28(2)32-16-21-42(37(45)43-31-13-12-30(25-31)27-44-24-9-11-29(3)26-44)23-22-40(7)33(36(32)42)14-15-35-39(6)19-10-18-38(4,5)34(39)17-20-41(35,40)8/h29-36H,1,9-27H2,2-8H3,(H,43,45)/t29?,30-,31+,32-,33+,34+,35+,36+,39+,40+,41+,42-/m0/s1. The summed E-state index contributed by atoms with van der Waals surface area (Å²) < 4.78 is 0. The summed E-state index contributed by atoms with van der Waals surface area (Å²) in [6.07, 6.45) is 20.8. The second kappa shape index (κ2) is 11.4. The summed E-state index contributed by atoms with van der Waals surface area (Å²) >= 11 is 0. The highest BCUT2D eigenvalue weighted by Gasteiger charge is 2.71. The molecule has 1 heterocycles. The quantitative estimate of drug-likeness (QED) is 0.311. The van der Waals surface area contributed by atoms with Crippen molar-refractivity contribution in [2.24, 2.45) is 68.5 Å². The van der Waals surface area contributed by atoms with Crippen LogP contribution in [-0.4, -0.2) is 36.5 Å². The molecule has 1 saturated heterocycles. The number of allylic oxidation sites excluding steroid dienone is 1. The van der Waals surface area contributed by atoms with Crippen molar-refractivity contribution >= 4 is 5.91 Å². The van der Waals surface area contributed by atoms with E-state index in [1.54, 1.807) is 0 Å². The fraction of sp³-hybridized carbons (Fsp3) is 0.929. The number of carbonyl (C=O) groups is 1. The van der Waals surface area contributed by atoms with Gasteiger partial charge >= 0.3 is 0 Å². The van der Waals surface area contributed by atoms with Crippen LogP contribution < -0.4 is 5.32 Å².